The molecule has 4 nitrogen and oxygen atoms in total. The largest absolute Gasteiger partial charge is 0.490 e. The zero-order valence-corrected chi connectivity index (χ0v) is 11.8. The molecule has 0 heterocycles. The van der Waals surface area contributed by atoms with Crippen molar-refractivity contribution in [2.45, 2.75) is 33.1 Å². The summed E-state index contributed by atoms with van der Waals surface area (Å²) in [4.78, 5) is 23.3. The fraction of sp³-hybridized carbons (Fsp3) is 0.429. The van der Waals surface area contributed by atoms with E-state index in [1.54, 1.807) is 13.8 Å². The number of hydrogen-bond acceptors (Lipinski definition) is 4. The van der Waals surface area contributed by atoms with Crippen LogP contribution in [0.25, 0.3) is 0 Å². The van der Waals surface area contributed by atoms with Gasteiger partial charge in [-0.2, -0.15) is 13.2 Å². The Morgan fingerprint density at radius 3 is 2.33 bits per heavy atom. The third kappa shape index (κ3) is 4.47. The molecule has 0 bridgehead atoms. The number of alkyl halides is 3. The van der Waals surface area contributed by atoms with Gasteiger partial charge in [0.05, 0.1) is 23.8 Å². The van der Waals surface area contributed by atoms with E-state index in [9.17, 15) is 22.8 Å². The van der Waals surface area contributed by atoms with Crippen molar-refractivity contribution in [3.05, 3.63) is 29.3 Å². The minimum absolute atomic E-state index is 0.0517. The molecule has 0 unspecified atom stereocenters. The van der Waals surface area contributed by atoms with E-state index in [-0.39, 0.29) is 18.5 Å². The lowest BCUT2D eigenvalue weighted by atomic mass is 10.1. The summed E-state index contributed by atoms with van der Waals surface area (Å²) in [5, 5.41) is 0. The third-order valence-electron chi connectivity index (χ3n) is 2.38. The van der Waals surface area contributed by atoms with Gasteiger partial charge >= 0.3 is 12.1 Å². The summed E-state index contributed by atoms with van der Waals surface area (Å²) in [7, 11) is 0. The molecule has 21 heavy (non-hydrogen) atoms. The number of Topliss-reactive ketones (excluding diaryl/α,β-unsaturated/α-hetero) is 1. The van der Waals surface area contributed by atoms with Gasteiger partial charge in [0.1, 0.15) is 5.75 Å². The highest BCUT2D eigenvalue weighted by Crippen LogP contribution is 2.33. The van der Waals surface area contributed by atoms with Crippen LogP contribution in [0.1, 0.15) is 36.7 Å². The van der Waals surface area contributed by atoms with E-state index in [0.717, 1.165) is 12.1 Å². The van der Waals surface area contributed by atoms with Crippen LogP contribution in [-0.2, 0) is 15.7 Å². The van der Waals surface area contributed by atoms with Crippen LogP contribution in [0.15, 0.2) is 18.2 Å². The maximum atomic E-state index is 12.7. The van der Waals surface area contributed by atoms with Crippen molar-refractivity contribution >= 4 is 11.8 Å². The number of hydrogen-bond donors (Lipinski definition) is 0. The molecule has 1 aromatic rings. The van der Waals surface area contributed by atoms with E-state index < -0.39 is 29.1 Å². The van der Waals surface area contributed by atoms with Crippen molar-refractivity contribution in [1.29, 1.82) is 0 Å². The Labute approximate surface area is 119 Å². The minimum Gasteiger partial charge on any atom is -0.490 e. The normalized spacial score (nSPS) is 11.4. The highest BCUT2D eigenvalue weighted by Gasteiger charge is 2.33. The van der Waals surface area contributed by atoms with E-state index in [1.165, 1.54) is 6.92 Å². The molecule has 116 valence electrons. The molecule has 0 radical (unpaired) electrons. The van der Waals surface area contributed by atoms with Crippen LogP contribution in [-0.4, -0.2) is 24.5 Å². The second-order valence-corrected chi connectivity index (χ2v) is 4.42. The Morgan fingerprint density at radius 1 is 1.24 bits per heavy atom. The van der Waals surface area contributed by atoms with Crippen LogP contribution < -0.4 is 4.74 Å². The molecule has 0 saturated carbocycles. The highest BCUT2D eigenvalue weighted by atomic mass is 19.4. The predicted octanol–water partition coefficient (Wildman–Crippen LogP) is 3.24. The molecule has 0 aliphatic carbocycles. The van der Waals surface area contributed by atoms with Crippen LogP contribution in [0.2, 0.25) is 0 Å². The fourth-order valence-electron chi connectivity index (χ4n) is 1.55. The Hall–Kier alpha value is -2.05. The van der Waals surface area contributed by atoms with E-state index in [0.29, 0.717) is 6.07 Å². The standard InChI is InChI=1S/C14H15F3O4/c1-4-20-13(19)12(18)10-7-9(14(15,16)17)5-6-11(10)21-8(2)3/h5-8H,4H2,1-3H3. The first-order valence-electron chi connectivity index (χ1n) is 6.26. The van der Waals surface area contributed by atoms with Crippen molar-refractivity contribution in [2.24, 2.45) is 0 Å². The number of esters is 1. The Kier molecular flexibility index (Phi) is 5.34. The second kappa shape index (κ2) is 6.60. The number of carbonyl (C=O) groups is 2. The van der Waals surface area contributed by atoms with Gasteiger partial charge in [-0.3, -0.25) is 4.79 Å². The molecular formula is C14H15F3O4. The quantitative estimate of drug-likeness (QED) is 0.476. The fourth-order valence-corrected chi connectivity index (χ4v) is 1.55. The molecular weight excluding hydrogens is 289 g/mol. The average molecular weight is 304 g/mol. The van der Waals surface area contributed by atoms with Gasteiger partial charge in [0.2, 0.25) is 0 Å². The van der Waals surface area contributed by atoms with Gasteiger partial charge in [-0.1, -0.05) is 0 Å². The first-order valence-corrected chi connectivity index (χ1v) is 6.26. The van der Waals surface area contributed by atoms with E-state index in [1.807, 2.05) is 0 Å². The summed E-state index contributed by atoms with van der Waals surface area (Å²) in [5.41, 5.74) is -1.50. The molecule has 0 aromatic heterocycles. The molecule has 0 aliphatic rings. The van der Waals surface area contributed by atoms with Crippen LogP contribution in [0.5, 0.6) is 5.75 Å². The Morgan fingerprint density at radius 2 is 1.86 bits per heavy atom. The van der Waals surface area contributed by atoms with E-state index >= 15 is 0 Å². The molecule has 0 amide bonds. The summed E-state index contributed by atoms with van der Waals surface area (Å²) >= 11 is 0. The topological polar surface area (TPSA) is 52.6 Å². The molecule has 0 aliphatic heterocycles. The molecule has 0 spiro atoms. The van der Waals surface area contributed by atoms with Crippen molar-refractivity contribution in [3.8, 4) is 5.75 Å². The minimum atomic E-state index is -4.62. The van der Waals surface area contributed by atoms with Gasteiger partial charge in [0.15, 0.2) is 0 Å². The Bertz CT molecular complexity index is 536. The maximum Gasteiger partial charge on any atom is 0.416 e. The summed E-state index contributed by atoms with van der Waals surface area (Å²) in [6, 6.07) is 2.41. The maximum absolute atomic E-state index is 12.7. The van der Waals surface area contributed by atoms with Crippen LogP contribution >= 0.6 is 0 Å². The lowest BCUT2D eigenvalue weighted by Crippen LogP contribution is -2.20. The number of carbonyl (C=O) groups excluding carboxylic acids is 2. The number of rotatable bonds is 5. The van der Waals surface area contributed by atoms with Crippen molar-refractivity contribution < 1.29 is 32.2 Å². The first-order chi connectivity index (χ1) is 9.66. The predicted molar refractivity (Wildman–Crippen MR) is 68.2 cm³/mol. The smallest absolute Gasteiger partial charge is 0.416 e. The number of ketones is 1. The first kappa shape index (κ1) is 17.0. The number of benzene rings is 1. The summed E-state index contributed by atoms with van der Waals surface area (Å²) in [5.74, 6) is -2.47. The summed E-state index contributed by atoms with van der Waals surface area (Å²) in [6.07, 6.45) is -4.99. The number of halogens is 3. The van der Waals surface area contributed by atoms with Crippen LogP contribution in [0.3, 0.4) is 0 Å². The monoisotopic (exact) mass is 304 g/mol. The third-order valence-corrected chi connectivity index (χ3v) is 2.38. The van der Waals surface area contributed by atoms with Crippen molar-refractivity contribution in [1.82, 2.24) is 0 Å². The van der Waals surface area contributed by atoms with Gasteiger partial charge in [0, 0.05) is 0 Å². The Balaban J connectivity index is 3.28. The van der Waals surface area contributed by atoms with Gasteiger partial charge in [-0.05, 0) is 39.0 Å². The van der Waals surface area contributed by atoms with Gasteiger partial charge in [-0.25, -0.2) is 4.79 Å². The molecule has 7 heteroatoms. The van der Waals surface area contributed by atoms with Crippen molar-refractivity contribution in [2.75, 3.05) is 6.61 Å². The van der Waals surface area contributed by atoms with Crippen LogP contribution in [0.4, 0.5) is 13.2 Å². The lowest BCUT2D eigenvalue weighted by Gasteiger charge is -2.15. The molecule has 0 saturated heterocycles. The van der Waals surface area contributed by atoms with Crippen molar-refractivity contribution in [3.63, 3.8) is 0 Å². The highest BCUT2D eigenvalue weighted by molar-refractivity contribution is 6.41. The molecule has 0 fully saturated rings. The summed E-state index contributed by atoms with van der Waals surface area (Å²) in [6.45, 7) is 4.74. The van der Waals surface area contributed by atoms with Gasteiger partial charge < -0.3 is 9.47 Å². The second-order valence-electron chi connectivity index (χ2n) is 4.42. The van der Waals surface area contributed by atoms with Crippen LogP contribution in [0, 0.1) is 0 Å². The average Bonchev–Trinajstić information content (AvgIpc) is 2.36. The van der Waals surface area contributed by atoms with E-state index in [4.69, 9.17) is 4.74 Å². The molecule has 0 atom stereocenters. The molecule has 0 N–H and O–H groups in total. The number of ether oxygens (including phenoxy) is 2. The lowest BCUT2D eigenvalue weighted by molar-refractivity contribution is -0.139. The summed E-state index contributed by atoms with van der Waals surface area (Å²) < 4.78 is 47.9. The molecule has 1 aromatic carbocycles. The SMILES string of the molecule is CCOC(=O)C(=O)c1cc(C(F)(F)F)ccc1OC(C)C. The molecule has 1 rings (SSSR count). The van der Waals surface area contributed by atoms with Gasteiger partial charge in [-0.15, -0.1) is 0 Å². The van der Waals surface area contributed by atoms with Gasteiger partial charge in [0.25, 0.3) is 5.78 Å². The zero-order valence-electron chi connectivity index (χ0n) is 11.8. The zero-order chi connectivity index (χ0) is 16.2. The van der Waals surface area contributed by atoms with E-state index in [2.05, 4.69) is 4.74 Å².